The summed E-state index contributed by atoms with van der Waals surface area (Å²) in [7, 11) is 0. The molecule has 1 heterocycles. The largest absolute Gasteiger partial charge is 0.458 e. The molecule has 1 nitrogen and oxygen atoms in total. The second kappa shape index (κ2) is 2.07. The molecule has 0 fully saturated rings. The molecule has 1 rings (SSSR count). The van der Waals surface area contributed by atoms with Crippen molar-refractivity contribution in [1.82, 2.24) is 0 Å². The van der Waals surface area contributed by atoms with Gasteiger partial charge in [-0.2, -0.15) is 0 Å². The van der Waals surface area contributed by atoms with E-state index in [-0.39, 0.29) is 0 Å². The van der Waals surface area contributed by atoms with Crippen LogP contribution in [0.4, 0.5) is 0 Å². The Bertz CT molecular complexity index is 123. The van der Waals surface area contributed by atoms with Gasteiger partial charge in [0.2, 0.25) is 0 Å². The lowest BCUT2D eigenvalue weighted by Gasteiger charge is -1.79. The molecule has 7 heavy (non-hydrogen) atoms. The molecule has 0 amide bonds. The highest BCUT2D eigenvalue weighted by Crippen LogP contribution is 2.12. The predicted octanol–water partition coefficient (Wildman–Crippen LogP) is 2.00. The second-order valence-electron chi connectivity index (χ2n) is 1.14. The predicted molar refractivity (Wildman–Crippen MR) is 30.5 cm³/mol. The van der Waals surface area contributed by atoms with Gasteiger partial charge in [0.1, 0.15) is 0 Å². The van der Waals surface area contributed by atoms with Crippen LogP contribution in [0.1, 0.15) is 0 Å². The summed E-state index contributed by atoms with van der Waals surface area (Å²) in [5.74, 6) is 0. The van der Waals surface area contributed by atoms with E-state index < -0.39 is 0 Å². The molecule has 0 radical (unpaired) electrons. The monoisotopic (exact) mass is 114 g/mol. The number of hydrogen-bond donors (Lipinski definition) is 0. The molecular formula is C5H6OS. The molecule has 0 aliphatic rings. The van der Waals surface area contributed by atoms with Crippen LogP contribution < -0.4 is 0 Å². The summed E-state index contributed by atoms with van der Waals surface area (Å²) in [5, 5.41) is 0.972. The van der Waals surface area contributed by atoms with Crippen molar-refractivity contribution in [1.29, 1.82) is 0 Å². The molecule has 0 bridgehead atoms. The number of hydrogen-bond acceptors (Lipinski definition) is 2. The summed E-state index contributed by atoms with van der Waals surface area (Å²) >= 11 is 1.61. The maximum atomic E-state index is 4.95. The van der Waals surface area contributed by atoms with Gasteiger partial charge in [-0.05, 0) is 18.4 Å². The standard InChI is InChI=1S/C5H6OS/c1-7-5-3-2-4-6-5/h2-4H,1H3. The second-order valence-corrected chi connectivity index (χ2v) is 1.95. The van der Waals surface area contributed by atoms with Crippen molar-refractivity contribution >= 4 is 11.8 Å². The van der Waals surface area contributed by atoms with E-state index >= 15 is 0 Å². The molecule has 0 saturated carbocycles. The minimum absolute atomic E-state index is 0.972. The zero-order chi connectivity index (χ0) is 5.11. The Morgan fingerprint density at radius 1 is 1.71 bits per heavy atom. The zero-order valence-corrected chi connectivity index (χ0v) is 4.87. The average molecular weight is 114 g/mol. The van der Waals surface area contributed by atoms with Crippen LogP contribution in [0.3, 0.4) is 0 Å². The minimum atomic E-state index is 0.972. The first-order valence-electron chi connectivity index (χ1n) is 2.01. The lowest BCUT2D eigenvalue weighted by atomic mass is 10.7. The Morgan fingerprint density at radius 2 is 2.57 bits per heavy atom. The minimum Gasteiger partial charge on any atom is -0.458 e. The lowest BCUT2D eigenvalue weighted by molar-refractivity contribution is 0.475. The lowest BCUT2D eigenvalue weighted by Crippen LogP contribution is -1.50. The number of thioether (sulfide) groups is 1. The molecule has 1 aromatic heterocycles. The van der Waals surface area contributed by atoms with E-state index in [9.17, 15) is 0 Å². The van der Waals surface area contributed by atoms with Crippen LogP contribution in [0.2, 0.25) is 0 Å². The molecule has 0 aliphatic carbocycles. The Labute approximate surface area is 46.7 Å². The van der Waals surface area contributed by atoms with Gasteiger partial charge in [-0.3, -0.25) is 0 Å². The third-order valence-electron chi connectivity index (χ3n) is 0.696. The first-order valence-corrected chi connectivity index (χ1v) is 3.23. The van der Waals surface area contributed by atoms with Gasteiger partial charge < -0.3 is 4.42 Å². The van der Waals surface area contributed by atoms with Gasteiger partial charge in [0, 0.05) is 0 Å². The van der Waals surface area contributed by atoms with Crippen LogP contribution in [-0.4, -0.2) is 6.26 Å². The van der Waals surface area contributed by atoms with E-state index in [4.69, 9.17) is 4.42 Å². The quantitative estimate of drug-likeness (QED) is 0.518. The van der Waals surface area contributed by atoms with Crippen molar-refractivity contribution in [3.05, 3.63) is 18.4 Å². The molecule has 1 aromatic rings. The van der Waals surface area contributed by atoms with Crippen molar-refractivity contribution in [2.75, 3.05) is 6.26 Å². The van der Waals surface area contributed by atoms with Crippen LogP contribution >= 0.6 is 11.8 Å². The third kappa shape index (κ3) is 0.996. The van der Waals surface area contributed by atoms with E-state index in [1.54, 1.807) is 18.0 Å². The number of furan rings is 1. The highest BCUT2D eigenvalue weighted by molar-refractivity contribution is 7.98. The SMILES string of the molecule is CSc1ccco1. The maximum Gasteiger partial charge on any atom is 0.159 e. The van der Waals surface area contributed by atoms with Gasteiger partial charge >= 0.3 is 0 Å². The van der Waals surface area contributed by atoms with E-state index in [1.807, 2.05) is 18.4 Å². The third-order valence-corrected chi connectivity index (χ3v) is 1.33. The van der Waals surface area contributed by atoms with E-state index in [2.05, 4.69) is 0 Å². The Hall–Kier alpha value is -0.370. The molecular weight excluding hydrogens is 108 g/mol. The van der Waals surface area contributed by atoms with Gasteiger partial charge in [0.15, 0.2) is 5.09 Å². The van der Waals surface area contributed by atoms with Gasteiger partial charge in [0.25, 0.3) is 0 Å². The van der Waals surface area contributed by atoms with E-state index in [0.29, 0.717) is 0 Å². The first-order chi connectivity index (χ1) is 3.43. The van der Waals surface area contributed by atoms with Crippen LogP contribution in [0.5, 0.6) is 0 Å². The van der Waals surface area contributed by atoms with Crippen molar-refractivity contribution in [3.8, 4) is 0 Å². The fraction of sp³-hybridized carbons (Fsp3) is 0.200. The van der Waals surface area contributed by atoms with Crippen molar-refractivity contribution in [2.45, 2.75) is 5.09 Å². The molecule has 38 valence electrons. The normalized spacial score (nSPS) is 9.29. The summed E-state index contributed by atoms with van der Waals surface area (Å²) in [6, 6.07) is 3.82. The fourth-order valence-corrected chi connectivity index (χ4v) is 0.746. The topological polar surface area (TPSA) is 13.1 Å². The molecule has 0 N–H and O–H groups in total. The Kier molecular flexibility index (Phi) is 1.42. The Balaban J connectivity index is 2.76. The van der Waals surface area contributed by atoms with Crippen LogP contribution in [0.25, 0.3) is 0 Å². The summed E-state index contributed by atoms with van der Waals surface area (Å²) in [6.45, 7) is 0. The molecule has 0 spiro atoms. The smallest absolute Gasteiger partial charge is 0.159 e. The summed E-state index contributed by atoms with van der Waals surface area (Å²) < 4.78 is 4.95. The first kappa shape index (κ1) is 4.78. The summed E-state index contributed by atoms with van der Waals surface area (Å²) in [5.41, 5.74) is 0. The van der Waals surface area contributed by atoms with E-state index in [0.717, 1.165) is 5.09 Å². The highest BCUT2D eigenvalue weighted by Gasteiger charge is 1.85. The fourth-order valence-electron chi connectivity index (χ4n) is 0.380. The highest BCUT2D eigenvalue weighted by atomic mass is 32.2. The van der Waals surface area contributed by atoms with E-state index in [1.165, 1.54) is 0 Å². The molecule has 0 aromatic carbocycles. The van der Waals surface area contributed by atoms with Gasteiger partial charge in [0.05, 0.1) is 6.26 Å². The Morgan fingerprint density at radius 3 is 2.86 bits per heavy atom. The molecule has 0 atom stereocenters. The van der Waals surface area contributed by atoms with Gasteiger partial charge in [-0.1, -0.05) is 11.8 Å². The van der Waals surface area contributed by atoms with Crippen LogP contribution in [0, 0.1) is 0 Å². The summed E-state index contributed by atoms with van der Waals surface area (Å²) in [6.07, 6.45) is 3.66. The molecule has 0 saturated heterocycles. The van der Waals surface area contributed by atoms with Crippen LogP contribution in [-0.2, 0) is 0 Å². The average Bonchev–Trinajstić information content (AvgIpc) is 2.14. The summed E-state index contributed by atoms with van der Waals surface area (Å²) in [4.78, 5) is 0. The van der Waals surface area contributed by atoms with Gasteiger partial charge in [-0.25, -0.2) is 0 Å². The number of rotatable bonds is 1. The molecule has 2 heteroatoms. The zero-order valence-electron chi connectivity index (χ0n) is 4.05. The van der Waals surface area contributed by atoms with Crippen molar-refractivity contribution in [3.63, 3.8) is 0 Å². The van der Waals surface area contributed by atoms with Gasteiger partial charge in [-0.15, -0.1) is 0 Å². The van der Waals surface area contributed by atoms with Crippen molar-refractivity contribution < 1.29 is 4.42 Å². The molecule has 0 unspecified atom stereocenters. The van der Waals surface area contributed by atoms with Crippen molar-refractivity contribution in [2.24, 2.45) is 0 Å². The maximum absolute atomic E-state index is 4.95. The molecule has 0 aliphatic heterocycles. The van der Waals surface area contributed by atoms with Crippen LogP contribution in [0.15, 0.2) is 27.9 Å².